The third-order valence-corrected chi connectivity index (χ3v) is 3.83. The number of amides is 2. The van der Waals surface area contributed by atoms with Crippen molar-refractivity contribution in [2.45, 2.75) is 6.42 Å². The largest absolute Gasteiger partial charge is 0.347 e. The first kappa shape index (κ1) is 16.6. The Labute approximate surface area is 144 Å². The van der Waals surface area contributed by atoms with Crippen molar-refractivity contribution < 1.29 is 14.0 Å². The second-order valence-electron chi connectivity index (χ2n) is 5.65. The molecule has 3 aromatic rings. The van der Waals surface area contributed by atoms with Crippen LogP contribution in [0.25, 0.3) is 10.8 Å². The van der Waals surface area contributed by atoms with E-state index in [4.69, 9.17) is 0 Å². The van der Waals surface area contributed by atoms with Crippen LogP contribution in [-0.4, -0.2) is 18.4 Å². The summed E-state index contributed by atoms with van der Waals surface area (Å²) >= 11 is 0. The second kappa shape index (κ2) is 7.57. The molecule has 0 radical (unpaired) electrons. The first-order chi connectivity index (χ1) is 12.1. The summed E-state index contributed by atoms with van der Waals surface area (Å²) in [5, 5.41) is 7.19. The van der Waals surface area contributed by atoms with Crippen LogP contribution >= 0.6 is 0 Å². The molecular formula is C20H17FN2O2. The zero-order valence-electron chi connectivity index (χ0n) is 13.5. The molecule has 3 aromatic carbocycles. The number of anilines is 1. The first-order valence-electron chi connectivity index (χ1n) is 7.94. The summed E-state index contributed by atoms with van der Waals surface area (Å²) in [6.07, 6.45) is 0.523. The molecule has 0 aliphatic rings. The van der Waals surface area contributed by atoms with E-state index < -0.39 is 11.8 Å². The van der Waals surface area contributed by atoms with Gasteiger partial charge < -0.3 is 10.6 Å². The summed E-state index contributed by atoms with van der Waals surface area (Å²) in [4.78, 5) is 23.8. The standard InChI is InChI=1S/C20H17FN2O2/c21-17-8-5-14(6-9-17)11-12-22-19(24)20(25)23-18-10-7-15-3-1-2-4-16(15)13-18/h1-10,13H,11-12H2,(H,22,24)(H,23,25). The highest BCUT2D eigenvalue weighted by Crippen LogP contribution is 2.18. The van der Waals surface area contributed by atoms with Crippen LogP contribution in [0, 0.1) is 5.82 Å². The fourth-order valence-corrected chi connectivity index (χ4v) is 2.51. The molecule has 0 saturated heterocycles. The van der Waals surface area contributed by atoms with Crippen molar-refractivity contribution in [3.8, 4) is 0 Å². The SMILES string of the molecule is O=C(NCCc1ccc(F)cc1)C(=O)Nc1ccc2ccccc2c1. The Morgan fingerprint density at radius 1 is 0.840 bits per heavy atom. The van der Waals surface area contributed by atoms with Gasteiger partial charge in [0, 0.05) is 12.2 Å². The highest BCUT2D eigenvalue weighted by molar-refractivity contribution is 6.39. The van der Waals surface area contributed by atoms with Crippen LogP contribution in [0.15, 0.2) is 66.7 Å². The third kappa shape index (κ3) is 4.41. The van der Waals surface area contributed by atoms with E-state index in [-0.39, 0.29) is 5.82 Å². The van der Waals surface area contributed by atoms with E-state index >= 15 is 0 Å². The van der Waals surface area contributed by atoms with Gasteiger partial charge in [0.1, 0.15) is 5.82 Å². The van der Waals surface area contributed by atoms with Crippen LogP contribution in [0.4, 0.5) is 10.1 Å². The van der Waals surface area contributed by atoms with Crippen LogP contribution in [0.5, 0.6) is 0 Å². The number of hydrogen-bond donors (Lipinski definition) is 2. The van der Waals surface area contributed by atoms with Gasteiger partial charge in [0.05, 0.1) is 0 Å². The van der Waals surface area contributed by atoms with Gasteiger partial charge >= 0.3 is 11.8 Å². The molecule has 4 nitrogen and oxygen atoms in total. The van der Waals surface area contributed by atoms with Crippen LogP contribution < -0.4 is 10.6 Å². The zero-order valence-corrected chi connectivity index (χ0v) is 13.5. The predicted molar refractivity (Wildman–Crippen MR) is 95.7 cm³/mol. The Balaban J connectivity index is 1.53. The van der Waals surface area contributed by atoms with Crippen LogP contribution in [0.1, 0.15) is 5.56 Å². The lowest BCUT2D eigenvalue weighted by Gasteiger charge is -2.08. The second-order valence-corrected chi connectivity index (χ2v) is 5.65. The Morgan fingerprint density at radius 3 is 2.32 bits per heavy atom. The summed E-state index contributed by atoms with van der Waals surface area (Å²) in [7, 11) is 0. The van der Waals surface area contributed by atoms with Gasteiger partial charge in [-0.1, -0.05) is 42.5 Å². The number of nitrogens with one attached hydrogen (secondary N) is 2. The monoisotopic (exact) mass is 336 g/mol. The first-order valence-corrected chi connectivity index (χ1v) is 7.94. The van der Waals surface area contributed by atoms with Gasteiger partial charge in [-0.3, -0.25) is 9.59 Å². The van der Waals surface area contributed by atoms with E-state index in [0.717, 1.165) is 16.3 Å². The van der Waals surface area contributed by atoms with Gasteiger partial charge in [0.2, 0.25) is 0 Å². The van der Waals surface area contributed by atoms with E-state index in [1.165, 1.54) is 12.1 Å². The highest BCUT2D eigenvalue weighted by atomic mass is 19.1. The number of rotatable bonds is 4. The molecule has 25 heavy (non-hydrogen) atoms. The minimum Gasteiger partial charge on any atom is -0.347 e. The van der Waals surface area contributed by atoms with Gasteiger partial charge in [0.25, 0.3) is 0 Å². The highest BCUT2D eigenvalue weighted by Gasteiger charge is 2.13. The Hall–Kier alpha value is -3.21. The smallest absolute Gasteiger partial charge is 0.313 e. The molecule has 0 aliphatic carbocycles. The Bertz CT molecular complexity index is 907. The van der Waals surface area contributed by atoms with E-state index in [2.05, 4.69) is 10.6 Å². The maximum Gasteiger partial charge on any atom is 0.313 e. The average Bonchev–Trinajstić information content (AvgIpc) is 2.63. The average molecular weight is 336 g/mol. The maximum atomic E-state index is 12.8. The van der Waals surface area contributed by atoms with Crippen molar-refractivity contribution in [1.82, 2.24) is 5.32 Å². The molecule has 2 N–H and O–H groups in total. The fraction of sp³-hybridized carbons (Fsp3) is 0.100. The van der Waals surface area contributed by atoms with Gasteiger partial charge in [-0.05, 0) is 47.0 Å². The normalized spacial score (nSPS) is 10.4. The van der Waals surface area contributed by atoms with E-state index in [0.29, 0.717) is 18.7 Å². The van der Waals surface area contributed by atoms with Crippen LogP contribution in [-0.2, 0) is 16.0 Å². The molecule has 126 valence electrons. The number of benzene rings is 3. The van der Waals surface area contributed by atoms with Gasteiger partial charge in [-0.25, -0.2) is 4.39 Å². The molecule has 0 bridgehead atoms. The van der Waals surface area contributed by atoms with Crippen molar-refractivity contribution in [2.24, 2.45) is 0 Å². The molecule has 0 aromatic heterocycles. The van der Waals surface area contributed by atoms with Crippen LogP contribution in [0.3, 0.4) is 0 Å². The lowest BCUT2D eigenvalue weighted by atomic mass is 10.1. The summed E-state index contributed by atoms with van der Waals surface area (Å²) in [5.41, 5.74) is 1.45. The van der Waals surface area contributed by atoms with E-state index in [1.807, 2.05) is 36.4 Å². The lowest BCUT2D eigenvalue weighted by Crippen LogP contribution is -2.36. The number of carbonyl (C=O) groups is 2. The summed E-state index contributed by atoms with van der Waals surface area (Å²) < 4.78 is 12.8. The number of fused-ring (bicyclic) bond motifs is 1. The number of hydrogen-bond acceptors (Lipinski definition) is 2. The summed E-state index contributed by atoms with van der Waals surface area (Å²) in [6.45, 7) is 0.301. The van der Waals surface area contributed by atoms with Crippen molar-refractivity contribution in [3.05, 3.63) is 78.1 Å². The molecule has 5 heteroatoms. The van der Waals surface area contributed by atoms with Crippen molar-refractivity contribution in [3.63, 3.8) is 0 Å². The summed E-state index contributed by atoms with van der Waals surface area (Å²) in [5.74, 6) is -1.72. The minimum absolute atomic E-state index is 0.301. The predicted octanol–water partition coefficient (Wildman–Crippen LogP) is 3.28. The molecule has 0 unspecified atom stereocenters. The Kier molecular flexibility index (Phi) is 5.04. The molecule has 0 atom stereocenters. The lowest BCUT2D eigenvalue weighted by molar-refractivity contribution is -0.136. The van der Waals surface area contributed by atoms with E-state index in [1.54, 1.807) is 18.2 Å². The fourth-order valence-electron chi connectivity index (χ4n) is 2.51. The van der Waals surface area contributed by atoms with Gasteiger partial charge in [-0.2, -0.15) is 0 Å². The Morgan fingerprint density at radius 2 is 1.56 bits per heavy atom. The number of carbonyl (C=O) groups excluding carboxylic acids is 2. The molecule has 0 aliphatic heterocycles. The van der Waals surface area contributed by atoms with Gasteiger partial charge in [0.15, 0.2) is 0 Å². The third-order valence-electron chi connectivity index (χ3n) is 3.83. The molecule has 3 rings (SSSR count). The molecule has 0 fully saturated rings. The topological polar surface area (TPSA) is 58.2 Å². The quantitative estimate of drug-likeness (QED) is 0.719. The molecule has 0 spiro atoms. The van der Waals surface area contributed by atoms with Gasteiger partial charge in [-0.15, -0.1) is 0 Å². The van der Waals surface area contributed by atoms with Crippen molar-refractivity contribution in [1.29, 1.82) is 0 Å². The van der Waals surface area contributed by atoms with Crippen molar-refractivity contribution in [2.75, 3.05) is 11.9 Å². The number of halogens is 1. The van der Waals surface area contributed by atoms with Crippen LogP contribution in [0.2, 0.25) is 0 Å². The summed E-state index contributed by atoms with van der Waals surface area (Å²) in [6, 6.07) is 19.3. The zero-order chi connectivity index (χ0) is 17.6. The molecule has 2 amide bonds. The molecular weight excluding hydrogens is 319 g/mol. The van der Waals surface area contributed by atoms with E-state index in [9.17, 15) is 14.0 Å². The maximum absolute atomic E-state index is 12.8. The molecule has 0 saturated carbocycles. The minimum atomic E-state index is -0.714. The molecule has 0 heterocycles. The van der Waals surface area contributed by atoms with Crippen molar-refractivity contribution >= 4 is 28.3 Å².